The second-order valence-corrected chi connectivity index (χ2v) is 5.72. The van der Waals surface area contributed by atoms with Crippen LogP contribution in [0.25, 0.3) is 0 Å². The summed E-state index contributed by atoms with van der Waals surface area (Å²) in [5.74, 6) is 0. The van der Waals surface area contributed by atoms with Gasteiger partial charge in [0.25, 0.3) is 0 Å². The van der Waals surface area contributed by atoms with E-state index >= 15 is 0 Å². The quantitative estimate of drug-likeness (QED) is 0.914. The predicted octanol–water partition coefficient (Wildman–Crippen LogP) is 2.55. The van der Waals surface area contributed by atoms with Gasteiger partial charge in [-0.25, -0.2) is 4.79 Å². The molecule has 20 heavy (non-hydrogen) atoms. The molecule has 5 nitrogen and oxygen atoms in total. The molecule has 110 valence electrons. The van der Waals surface area contributed by atoms with E-state index in [0.717, 1.165) is 42.6 Å². The monoisotopic (exact) mass is 341 g/mol. The number of rotatable bonds is 4. The van der Waals surface area contributed by atoms with Crippen molar-refractivity contribution in [2.45, 2.75) is 32.4 Å². The Hall–Kier alpha value is -1.14. The molecular weight excluding hydrogens is 322 g/mol. The minimum atomic E-state index is -0.194. The number of hydrogen-bond acceptors (Lipinski definition) is 4. The maximum Gasteiger partial charge on any atom is 0.409 e. The molecule has 1 fully saturated rings. The molecule has 1 aromatic rings. The number of hydrogen-bond donors (Lipinski definition) is 1. The van der Waals surface area contributed by atoms with Crippen molar-refractivity contribution in [2.75, 3.05) is 19.7 Å². The highest BCUT2D eigenvalue weighted by molar-refractivity contribution is 9.10. The van der Waals surface area contributed by atoms with E-state index in [1.165, 1.54) is 0 Å². The number of aromatic nitrogens is 1. The summed E-state index contributed by atoms with van der Waals surface area (Å²) in [6.45, 7) is 4.54. The van der Waals surface area contributed by atoms with Crippen LogP contribution in [-0.2, 0) is 11.3 Å². The largest absolute Gasteiger partial charge is 0.450 e. The van der Waals surface area contributed by atoms with Crippen LogP contribution in [0.3, 0.4) is 0 Å². The fourth-order valence-corrected chi connectivity index (χ4v) is 2.48. The molecule has 6 heteroatoms. The molecule has 0 unspecified atom stereocenters. The molecule has 0 radical (unpaired) electrons. The molecule has 0 saturated carbocycles. The number of carbonyl (C=O) groups is 1. The fourth-order valence-electron chi connectivity index (χ4n) is 2.24. The summed E-state index contributed by atoms with van der Waals surface area (Å²) in [4.78, 5) is 17.7. The van der Waals surface area contributed by atoms with Crippen molar-refractivity contribution in [3.05, 3.63) is 28.5 Å². The number of pyridine rings is 1. The number of nitrogens with zero attached hydrogens (tertiary/aromatic N) is 2. The Kier molecular flexibility index (Phi) is 5.79. The predicted molar refractivity (Wildman–Crippen MR) is 80.4 cm³/mol. The molecule has 0 aromatic carbocycles. The Bertz CT molecular complexity index is 431. The van der Waals surface area contributed by atoms with Crippen LogP contribution in [-0.4, -0.2) is 41.7 Å². The van der Waals surface area contributed by atoms with E-state index in [-0.39, 0.29) is 6.09 Å². The van der Waals surface area contributed by atoms with Gasteiger partial charge in [0.05, 0.1) is 12.3 Å². The van der Waals surface area contributed by atoms with Crippen LogP contribution >= 0.6 is 15.9 Å². The van der Waals surface area contributed by atoms with Gasteiger partial charge in [0.1, 0.15) is 0 Å². The first-order chi connectivity index (χ1) is 9.69. The number of halogens is 1. The van der Waals surface area contributed by atoms with Crippen molar-refractivity contribution >= 4 is 22.0 Å². The van der Waals surface area contributed by atoms with Gasteiger partial charge in [-0.05, 0) is 47.8 Å². The van der Waals surface area contributed by atoms with Crippen LogP contribution in [0.15, 0.2) is 22.8 Å². The zero-order valence-corrected chi connectivity index (χ0v) is 13.2. The van der Waals surface area contributed by atoms with Crippen molar-refractivity contribution in [1.82, 2.24) is 15.2 Å². The van der Waals surface area contributed by atoms with Crippen LogP contribution in [0.5, 0.6) is 0 Å². The van der Waals surface area contributed by atoms with Crippen LogP contribution in [0.2, 0.25) is 0 Å². The van der Waals surface area contributed by atoms with Gasteiger partial charge in [0.2, 0.25) is 0 Å². The molecule has 2 heterocycles. The second kappa shape index (κ2) is 7.59. The third-order valence-electron chi connectivity index (χ3n) is 3.38. The molecular formula is C14H20BrN3O2. The summed E-state index contributed by atoms with van der Waals surface area (Å²) >= 11 is 3.37. The number of carbonyl (C=O) groups excluding carboxylic acids is 1. The van der Waals surface area contributed by atoms with E-state index in [4.69, 9.17) is 4.74 Å². The summed E-state index contributed by atoms with van der Waals surface area (Å²) in [6, 6.07) is 4.43. The first-order valence-electron chi connectivity index (χ1n) is 6.94. The zero-order valence-electron chi connectivity index (χ0n) is 11.6. The van der Waals surface area contributed by atoms with Gasteiger partial charge >= 0.3 is 6.09 Å². The van der Waals surface area contributed by atoms with E-state index < -0.39 is 0 Å². The van der Waals surface area contributed by atoms with Gasteiger partial charge in [-0.2, -0.15) is 0 Å². The average molecular weight is 342 g/mol. The first-order valence-corrected chi connectivity index (χ1v) is 7.74. The first kappa shape index (κ1) is 15.3. The number of likely N-dealkylation sites (tertiary alicyclic amines) is 1. The summed E-state index contributed by atoms with van der Waals surface area (Å²) in [6.07, 6.45) is 3.52. The molecule has 0 atom stereocenters. The summed E-state index contributed by atoms with van der Waals surface area (Å²) in [7, 11) is 0. The maximum absolute atomic E-state index is 11.6. The standard InChI is InChI=1S/C14H20BrN3O2/c1-2-20-14(19)18-7-5-12(6-8-18)17-10-13-4-3-11(15)9-16-13/h3-4,9,12,17H,2,5-8,10H2,1H3. The molecule has 1 aliphatic heterocycles. The summed E-state index contributed by atoms with van der Waals surface area (Å²) in [5.41, 5.74) is 1.03. The molecule has 0 bridgehead atoms. The Balaban J connectivity index is 1.72. The number of nitrogens with one attached hydrogen (secondary N) is 1. The van der Waals surface area contributed by atoms with Gasteiger partial charge in [-0.15, -0.1) is 0 Å². The van der Waals surface area contributed by atoms with E-state index in [9.17, 15) is 4.79 Å². The minimum absolute atomic E-state index is 0.194. The topological polar surface area (TPSA) is 54.5 Å². The Morgan fingerprint density at radius 3 is 2.85 bits per heavy atom. The lowest BCUT2D eigenvalue weighted by atomic mass is 10.1. The Labute approximate surface area is 127 Å². The highest BCUT2D eigenvalue weighted by atomic mass is 79.9. The molecule has 1 amide bonds. The molecule has 1 saturated heterocycles. The van der Waals surface area contributed by atoms with Crippen molar-refractivity contribution in [3.8, 4) is 0 Å². The van der Waals surface area contributed by atoms with Crippen LogP contribution < -0.4 is 5.32 Å². The molecule has 0 spiro atoms. The SMILES string of the molecule is CCOC(=O)N1CCC(NCc2ccc(Br)cn2)CC1. The molecule has 1 N–H and O–H groups in total. The van der Waals surface area contributed by atoms with Crippen molar-refractivity contribution in [2.24, 2.45) is 0 Å². The highest BCUT2D eigenvalue weighted by Gasteiger charge is 2.23. The highest BCUT2D eigenvalue weighted by Crippen LogP contribution is 2.12. The maximum atomic E-state index is 11.6. The van der Waals surface area contributed by atoms with Gasteiger partial charge in [-0.1, -0.05) is 0 Å². The Morgan fingerprint density at radius 1 is 1.50 bits per heavy atom. The van der Waals surface area contributed by atoms with E-state index in [1.807, 2.05) is 19.1 Å². The van der Waals surface area contributed by atoms with E-state index in [0.29, 0.717) is 12.6 Å². The average Bonchev–Trinajstić information content (AvgIpc) is 2.47. The normalized spacial score (nSPS) is 16.2. The zero-order chi connectivity index (χ0) is 14.4. The van der Waals surface area contributed by atoms with Gasteiger partial charge in [0, 0.05) is 36.3 Å². The lowest BCUT2D eigenvalue weighted by Gasteiger charge is -2.31. The summed E-state index contributed by atoms with van der Waals surface area (Å²) in [5, 5.41) is 3.49. The number of piperidine rings is 1. The van der Waals surface area contributed by atoms with E-state index in [1.54, 1.807) is 11.1 Å². The van der Waals surface area contributed by atoms with Gasteiger partial charge in [0.15, 0.2) is 0 Å². The lowest BCUT2D eigenvalue weighted by molar-refractivity contribution is 0.0949. The third-order valence-corrected chi connectivity index (χ3v) is 3.85. The smallest absolute Gasteiger partial charge is 0.409 e. The lowest BCUT2D eigenvalue weighted by Crippen LogP contribution is -2.45. The second-order valence-electron chi connectivity index (χ2n) is 4.81. The molecule has 0 aliphatic carbocycles. The van der Waals surface area contributed by atoms with Gasteiger partial charge < -0.3 is 15.0 Å². The van der Waals surface area contributed by atoms with Crippen LogP contribution in [0, 0.1) is 0 Å². The number of amides is 1. The van der Waals surface area contributed by atoms with E-state index in [2.05, 4.69) is 26.2 Å². The summed E-state index contributed by atoms with van der Waals surface area (Å²) < 4.78 is 6.00. The molecule has 1 aliphatic rings. The molecule has 1 aromatic heterocycles. The number of ether oxygens (including phenoxy) is 1. The van der Waals surface area contributed by atoms with Crippen molar-refractivity contribution in [3.63, 3.8) is 0 Å². The molecule has 2 rings (SSSR count). The Morgan fingerprint density at radius 2 is 2.25 bits per heavy atom. The van der Waals surface area contributed by atoms with Crippen molar-refractivity contribution in [1.29, 1.82) is 0 Å². The minimum Gasteiger partial charge on any atom is -0.450 e. The van der Waals surface area contributed by atoms with Crippen LogP contribution in [0.4, 0.5) is 4.79 Å². The fraction of sp³-hybridized carbons (Fsp3) is 0.571. The van der Waals surface area contributed by atoms with Gasteiger partial charge in [-0.3, -0.25) is 4.98 Å². The van der Waals surface area contributed by atoms with Crippen LogP contribution in [0.1, 0.15) is 25.5 Å². The third kappa shape index (κ3) is 4.45. The van der Waals surface area contributed by atoms with Crippen molar-refractivity contribution < 1.29 is 9.53 Å².